The quantitative estimate of drug-likeness (QED) is 0.320. The number of hydrogen-bond donors (Lipinski definition) is 0. The summed E-state index contributed by atoms with van der Waals surface area (Å²) in [5, 5.41) is 5.24. The molecule has 130 valence electrons. The maximum atomic E-state index is 12.3. The molecule has 1 heterocycles. The van der Waals surface area contributed by atoms with Crippen molar-refractivity contribution in [3.05, 3.63) is 98.7 Å². The molecule has 4 nitrogen and oxygen atoms in total. The summed E-state index contributed by atoms with van der Waals surface area (Å²) in [5.41, 5.74) is 2.10. The van der Waals surface area contributed by atoms with Crippen molar-refractivity contribution in [1.29, 1.82) is 0 Å². The van der Waals surface area contributed by atoms with E-state index in [-0.39, 0.29) is 10.6 Å². The van der Waals surface area contributed by atoms with Gasteiger partial charge in [-0.05, 0) is 42.5 Å². The molecule has 0 aliphatic heterocycles. The van der Waals surface area contributed by atoms with E-state index in [0.717, 1.165) is 11.1 Å². The van der Waals surface area contributed by atoms with Gasteiger partial charge in [-0.1, -0.05) is 52.1 Å². The zero-order valence-corrected chi connectivity index (χ0v) is 15.5. The topological polar surface area (TPSA) is 51.5 Å². The molecule has 0 aliphatic carbocycles. The van der Waals surface area contributed by atoms with E-state index in [1.165, 1.54) is 12.1 Å². The summed E-state index contributed by atoms with van der Waals surface area (Å²) in [7, 11) is 0. The van der Waals surface area contributed by atoms with Gasteiger partial charge in [0.15, 0.2) is 0 Å². The van der Waals surface area contributed by atoms with Gasteiger partial charge in [-0.15, -0.1) is 0 Å². The van der Waals surface area contributed by atoms with Gasteiger partial charge in [0.05, 0.1) is 10.6 Å². The summed E-state index contributed by atoms with van der Waals surface area (Å²) in [6.07, 6.45) is 3.25. The minimum atomic E-state index is -0.688. The molecule has 0 saturated heterocycles. The Labute approximate surface area is 165 Å². The van der Waals surface area contributed by atoms with Crippen LogP contribution >= 0.6 is 34.8 Å². The number of hydrogen-bond acceptors (Lipinski definition) is 4. The Morgan fingerprint density at radius 2 is 1.46 bits per heavy atom. The van der Waals surface area contributed by atoms with Gasteiger partial charge in [0.25, 0.3) is 0 Å². The first-order valence-corrected chi connectivity index (χ1v) is 8.59. The Hall–Kier alpha value is -2.40. The Morgan fingerprint density at radius 3 is 2.12 bits per heavy atom. The van der Waals surface area contributed by atoms with Crippen LogP contribution in [0.5, 0.6) is 0 Å². The fraction of sp³-hybridized carbons (Fsp3) is 0. The third-order valence-corrected chi connectivity index (χ3v) is 4.24. The predicted octanol–water partition coefficient (Wildman–Crippen LogP) is 5.65. The summed E-state index contributed by atoms with van der Waals surface area (Å²) < 4.78 is 0. The highest BCUT2D eigenvalue weighted by Gasteiger charge is 2.14. The molecule has 0 fully saturated rings. The molecule has 7 heteroatoms. The smallest absolute Gasteiger partial charge is 0.312 e. The van der Waals surface area contributed by atoms with Crippen LogP contribution in [-0.2, 0) is 4.84 Å². The van der Waals surface area contributed by atoms with Gasteiger partial charge in [-0.25, -0.2) is 4.79 Å². The number of rotatable bonds is 4. The second-order valence-electron chi connectivity index (χ2n) is 5.19. The number of nitrogens with zero attached hydrogens (tertiary/aromatic N) is 2. The van der Waals surface area contributed by atoms with Crippen LogP contribution in [0.1, 0.15) is 21.5 Å². The number of oxime groups is 1. The minimum absolute atomic E-state index is 0.171. The van der Waals surface area contributed by atoms with E-state index in [4.69, 9.17) is 39.6 Å². The largest absolute Gasteiger partial charge is 0.367 e. The molecule has 0 N–H and O–H groups in total. The van der Waals surface area contributed by atoms with Crippen molar-refractivity contribution in [3.63, 3.8) is 0 Å². The second kappa shape index (κ2) is 8.32. The Bertz CT molecular complexity index is 958. The van der Waals surface area contributed by atoms with Crippen molar-refractivity contribution in [1.82, 2.24) is 4.98 Å². The van der Waals surface area contributed by atoms with Crippen molar-refractivity contribution < 1.29 is 9.63 Å². The van der Waals surface area contributed by atoms with Gasteiger partial charge in [0.1, 0.15) is 5.71 Å². The van der Waals surface area contributed by atoms with Crippen LogP contribution in [0.25, 0.3) is 0 Å². The van der Waals surface area contributed by atoms with E-state index >= 15 is 0 Å². The molecule has 0 aliphatic rings. The highest BCUT2D eigenvalue weighted by Crippen LogP contribution is 2.22. The van der Waals surface area contributed by atoms with Crippen LogP contribution in [0.2, 0.25) is 15.1 Å². The number of carbonyl (C=O) groups excluding carboxylic acids is 1. The first-order valence-electron chi connectivity index (χ1n) is 7.45. The fourth-order valence-electron chi connectivity index (χ4n) is 2.18. The number of pyridine rings is 1. The second-order valence-corrected chi connectivity index (χ2v) is 6.47. The first kappa shape index (κ1) is 18.4. The van der Waals surface area contributed by atoms with E-state index in [9.17, 15) is 4.79 Å². The molecular weight excluding hydrogens is 395 g/mol. The third-order valence-electron chi connectivity index (χ3n) is 3.44. The minimum Gasteiger partial charge on any atom is -0.312 e. The van der Waals surface area contributed by atoms with Crippen LogP contribution in [-0.4, -0.2) is 16.7 Å². The number of halogens is 3. The fourth-order valence-corrected chi connectivity index (χ4v) is 2.79. The lowest BCUT2D eigenvalue weighted by Gasteiger charge is -2.07. The highest BCUT2D eigenvalue weighted by atomic mass is 35.5. The molecule has 1 aromatic heterocycles. The number of carbonyl (C=O) groups is 1. The molecule has 0 atom stereocenters. The SMILES string of the molecule is O=C(O/N=C(/c1ccncc1)c1ccc(Cl)cc1)c1ccc(Cl)cc1Cl. The van der Waals surface area contributed by atoms with Crippen molar-refractivity contribution >= 4 is 46.5 Å². The molecule has 0 radical (unpaired) electrons. The van der Waals surface area contributed by atoms with Gasteiger partial charge in [0, 0.05) is 33.6 Å². The summed E-state index contributed by atoms with van der Waals surface area (Å²) in [4.78, 5) is 21.4. The Kier molecular flexibility index (Phi) is 5.89. The Morgan fingerprint density at radius 1 is 0.846 bits per heavy atom. The average molecular weight is 406 g/mol. The van der Waals surface area contributed by atoms with E-state index in [2.05, 4.69) is 10.1 Å². The lowest BCUT2D eigenvalue weighted by atomic mass is 10.0. The monoisotopic (exact) mass is 404 g/mol. The van der Waals surface area contributed by atoms with Crippen molar-refractivity contribution in [2.24, 2.45) is 5.16 Å². The number of benzene rings is 2. The van der Waals surface area contributed by atoms with Crippen LogP contribution < -0.4 is 0 Å². The summed E-state index contributed by atoms with van der Waals surface area (Å²) in [6, 6.07) is 15.0. The van der Waals surface area contributed by atoms with Crippen LogP contribution in [0.15, 0.2) is 72.1 Å². The molecule has 0 unspecified atom stereocenters. The third kappa shape index (κ3) is 4.41. The van der Waals surface area contributed by atoms with E-state index in [0.29, 0.717) is 15.8 Å². The van der Waals surface area contributed by atoms with Crippen LogP contribution in [0.3, 0.4) is 0 Å². The summed E-state index contributed by atoms with van der Waals surface area (Å²) in [6.45, 7) is 0. The molecule has 0 amide bonds. The lowest BCUT2D eigenvalue weighted by molar-refractivity contribution is 0.0517. The van der Waals surface area contributed by atoms with Crippen LogP contribution in [0.4, 0.5) is 0 Å². The normalized spacial score (nSPS) is 11.3. The molecule has 3 aromatic rings. The molecule has 26 heavy (non-hydrogen) atoms. The van der Waals surface area contributed by atoms with Crippen molar-refractivity contribution in [2.75, 3.05) is 0 Å². The van der Waals surface area contributed by atoms with E-state index in [1.807, 2.05) is 0 Å². The first-order chi connectivity index (χ1) is 12.5. The van der Waals surface area contributed by atoms with Gasteiger partial charge < -0.3 is 4.84 Å². The standard InChI is InChI=1S/C19H11Cl3N2O2/c20-14-3-1-12(2-4-14)18(13-7-9-23-10-8-13)24-26-19(25)16-6-5-15(21)11-17(16)22/h1-11H/b24-18+. The van der Waals surface area contributed by atoms with Gasteiger partial charge in [-0.3, -0.25) is 4.98 Å². The maximum absolute atomic E-state index is 12.3. The molecule has 0 saturated carbocycles. The molecule has 2 aromatic carbocycles. The number of aromatic nitrogens is 1. The van der Waals surface area contributed by atoms with Gasteiger partial charge in [-0.2, -0.15) is 0 Å². The maximum Gasteiger partial charge on any atom is 0.367 e. The van der Waals surface area contributed by atoms with Gasteiger partial charge >= 0.3 is 5.97 Å². The van der Waals surface area contributed by atoms with E-state index in [1.54, 1.807) is 54.9 Å². The van der Waals surface area contributed by atoms with Crippen molar-refractivity contribution in [3.8, 4) is 0 Å². The zero-order valence-electron chi connectivity index (χ0n) is 13.2. The average Bonchev–Trinajstić information content (AvgIpc) is 2.64. The molecule has 0 bridgehead atoms. The molecule has 0 spiro atoms. The van der Waals surface area contributed by atoms with E-state index < -0.39 is 5.97 Å². The molecule has 3 rings (SSSR count). The van der Waals surface area contributed by atoms with Gasteiger partial charge in [0.2, 0.25) is 0 Å². The zero-order chi connectivity index (χ0) is 18.5. The predicted molar refractivity (Wildman–Crippen MR) is 103 cm³/mol. The summed E-state index contributed by atoms with van der Waals surface area (Å²) >= 11 is 17.8. The summed E-state index contributed by atoms with van der Waals surface area (Å²) in [5.74, 6) is -0.688. The van der Waals surface area contributed by atoms with Crippen LogP contribution in [0, 0.1) is 0 Å². The lowest BCUT2D eigenvalue weighted by Crippen LogP contribution is -2.08. The van der Waals surface area contributed by atoms with Crippen molar-refractivity contribution in [2.45, 2.75) is 0 Å². The highest BCUT2D eigenvalue weighted by molar-refractivity contribution is 6.36. The molecular formula is C19H11Cl3N2O2. The Balaban J connectivity index is 1.94.